The lowest BCUT2D eigenvalue weighted by Gasteiger charge is -2.04. The smallest absolute Gasteiger partial charge is 0.339 e. The molecule has 1 heterocycles. The first-order valence-corrected chi connectivity index (χ1v) is 6.95. The molecule has 1 aromatic heterocycles. The molecule has 0 aliphatic rings. The molecule has 3 aromatic rings. The minimum atomic E-state index is -0.375. The second-order valence-corrected chi connectivity index (χ2v) is 4.98. The zero-order chi connectivity index (χ0) is 15.4. The second-order valence-electron chi connectivity index (χ2n) is 4.98. The van der Waals surface area contributed by atoms with Crippen LogP contribution in [0.3, 0.4) is 0 Å². The van der Waals surface area contributed by atoms with E-state index in [1.54, 1.807) is 6.21 Å². The molecule has 2 amide bonds. The highest BCUT2D eigenvalue weighted by atomic mass is 16.2. The SMILES string of the molecule is Cc1ccc(NC(=O)N/N=C/c2c[nH]c3ccccc23)cc1. The van der Waals surface area contributed by atoms with E-state index < -0.39 is 0 Å². The summed E-state index contributed by atoms with van der Waals surface area (Å²) in [7, 11) is 0. The summed E-state index contributed by atoms with van der Waals surface area (Å²) in [5.41, 5.74) is 6.28. The number of rotatable bonds is 3. The minimum absolute atomic E-state index is 0.375. The van der Waals surface area contributed by atoms with Crippen LogP contribution in [0.25, 0.3) is 10.9 Å². The normalized spacial score (nSPS) is 11.0. The largest absolute Gasteiger partial charge is 0.361 e. The van der Waals surface area contributed by atoms with E-state index >= 15 is 0 Å². The van der Waals surface area contributed by atoms with Crippen molar-refractivity contribution in [2.24, 2.45) is 5.10 Å². The number of aromatic amines is 1. The van der Waals surface area contributed by atoms with Gasteiger partial charge in [-0.15, -0.1) is 0 Å². The van der Waals surface area contributed by atoms with E-state index in [0.29, 0.717) is 0 Å². The first-order valence-electron chi connectivity index (χ1n) is 6.95. The van der Waals surface area contributed by atoms with Crippen molar-refractivity contribution in [1.29, 1.82) is 0 Å². The molecule has 0 aliphatic heterocycles. The van der Waals surface area contributed by atoms with E-state index in [-0.39, 0.29) is 6.03 Å². The maximum atomic E-state index is 11.7. The van der Waals surface area contributed by atoms with Crippen LogP contribution in [0.2, 0.25) is 0 Å². The Hall–Kier alpha value is -3.08. The van der Waals surface area contributed by atoms with Crippen molar-refractivity contribution in [3.05, 3.63) is 65.9 Å². The number of aromatic nitrogens is 1. The molecule has 0 aliphatic carbocycles. The molecule has 5 nitrogen and oxygen atoms in total. The topological polar surface area (TPSA) is 69.3 Å². The van der Waals surface area contributed by atoms with Crippen LogP contribution in [0, 0.1) is 6.92 Å². The van der Waals surface area contributed by atoms with E-state index in [0.717, 1.165) is 27.7 Å². The standard InChI is InChI=1S/C17H16N4O/c1-12-6-8-14(9-7-12)20-17(22)21-19-11-13-10-18-16-5-3-2-4-15(13)16/h2-11,18H,1H3,(H2,20,21,22)/b19-11+. The number of hydrazone groups is 1. The van der Waals surface area contributed by atoms with Crippen molar-refractivity contribution in [3.8, 4) is 0 Å². The van der Waals surface area contributed by atoms with Crippen molar-refractivity contribution in [1.82, 2.24) is 10.4 Å². The number of hydrogen-bond acceptors (Lipinski definition) is 2. The number of aryl methyl sites for hydroxylation is 1. The second kappa shape index (κ2) is 6.13. The predicted molar refractivity (Wildman–Crippen MR) is 89.2 cm³/mol. The highest BCUT2D eigenvalue weighted by Crippen LogP contribution is 2.15. The van der Waals surface area contributed by atoms with E-state index in [1.165, 1.54) is 0 Å². The number of benzene rings is 2. The average molecular weight is 292 g/mol. The molecule has 0 bridgehead atoms. The van der Waals surface area contributed by atoms with Gasteiger partial charge in [-0.1, -0.05) is 35.9 Å². The molecule has 0 atom stereocenters. The van der Waals surface area contributed by atoms with Crippen molar-refractivity contribution >= 4 is 28.8 Å². The highest BCUT2D eigenvalue weighted by Gasteiger charge is 2.01. The van der Waals surface area contributed by atoms with Gasteiger partial charge in [-0.25, -0.2) is 10.2 Å². The number of nitrogens with zero attached hydrogens (tertiary/aromatic N) is 1. The van der Waals surface area contributed by atoms with Crippen molar-refractivity contribution < 1.29 is 4.79 Å². The molecule has 0 saturated carbocycles. The number of hydrogen-bond donors (Lipinski definition) is 3. The van der Waals surface area contributed by atoms with Gasteiger partial charge in [-0.05, 0) is 25.1 Å². The Morgan fingerprint density at radius 1 is 1.14 bits per heavy atom. The predicted octanol–water partition coefficient (Wildman–Crippen LogP) is 3.63. The summed E-state index contributed by atoms with van der Waals surface area (Å²) in [6.45, 7) is 2.00. The highest BCUT2D eigenvalue weighted by molar-refractivity contribution is 5.99. The zero-order valence-corrected chi connectivity index (χ0v) is 12.1. The van der Waals surface area contributed by atoms with Gasteiger partial charge in [0.1, 0.15) is 0 Å². The molecule has 0 spiro atoms. The maximum absolute atomic E-state index is 11.7. The zero-order valence-electron chi connectivity index (χ0n) is 12.1. The number of nitrogens with one attached hydrogen (secondary N) is 3. The van der Waals surface area contributed by atoms with Gasteiger partial charge in [0, 0.05) is 28.4 Å². The van der Waals surface area contributed by atoms with Crippen LogP contribution in [0.5, 0.6) is 0 Å². The third kappa shape index (κ3) is 3.15. The van der Waals surface area contributed by atoms with Crippen LogP contribution < -0.4 is 10.7 Å². The summed E-state index contributed by atoms with van der Waals surface area (Å²) in [4.78, 5) is 14.9. The van der Waals surface area contributed by atoms with Crippen molar-refractivity contribution in [2.45, 2.75) is 6.92 Å². The molecule has 3 N–H and O–H groups in total. The molecule has 0 fully saturated rings. The van der Waals surface area contributed by atoms with Gasteiger partial charge < -0.3 is 10.3 Å². The fourth-order valence-corrected chi connectivity index (χ4v) is 2.16. The van der Waals surface area contributed by atoms with Crippen molar-refractivity contribution in [3.63, 3.8) is 0 Å². The average Bonchev–Trinajstić information content (AvgIpc) is 2.93. The molecule has 5 heteroatoms. The molecule has 3 rings (SSSR count). The molecule has 0 saturated heterocycles. The van der Waals surface area contributed by atoms with Crippen LogP contribution in [0.4, 0.5) is 10.5 Å². The lowest BCUT2D eigenvalue weighted by molar-refractivity contribution is 0.252. The van der Waals surface area contributed by atoms with E-state index in [2.05, 4.69) is 20.8 Å². The third-order valence-electron chi connectivity index (χ3n) is 3.30. The van der Waals surface area contributed by atoms with Crippen LogP contribution >= 0.6 is 0 Å². The Kier molecular flexibility index (Phi) is 3.87. The fourth-order valence-electron chi connectivity index (χ4n) is 2.16. The molecular formula is C17H16N4O. The third-order valence-corrected chi connectivity index (χ3v) is 3.30. The summed E-state index contributed by atoms with van der Waals surface area (Å²) >= 11 is 0. The van der Waals surface area contributed by atoms with Crippen LogP contribution in [-0.2, 0) is 0 Å². The molecule has 0 unspecified atom stereocenters. The number of fused-ring (bicyclic) bond motifs is 1. The van der Waals surface area contributed by atoms with Gasteiger partial charge in [0.15, 0.2) is 0 Å². The number of carbonyl (C=O) groups excluding carboxylic acids is 1. The van der Waals surface area contributed by atoms with Gasteiger partial charge in [0.25, 0.3) is 0 Å². The Labute approximate surface area is 128 Å². The lowest BCUT2D eigenvalue weighted by Crippen LogP contribution is -2.24. The van der Waals surface area contributed by atoms with Gasteiger partial charge in [-0.2, -0.15) is 5.10 Å². The number of para-hydroxylation sites is 1. The van der Waals surface area contributed by atoms with Crippen LogP contribution in [-0.4, -0.2) is 17.2 Å². The van der Waals surface area contributed by atoms with Gasteiger partial charge in [0.05, 0.1) is 6.21 Å². The minimum Gasteiger partial charge on any atom is -0.361 e. The van der Waals surface area contributed by atoms with Gasteiger partial charge in [-0.3, -0.25) is 0 Å². The monoisotopic (exact) mass is 292 g/mol. The Morgan fingerprint density at radius 3 is 2.73 bits per heavy atom. The number of urea groups is 1. The summed E-state index contributed by atoms with van der Waals surface area (Å²) in [6.07, 6.45) is 3.47. The quantitative estimate of drug-likeness (QED) is 0.500. The van der Waals surface area contributed by atoms with Crippen molar-refractivity contribution in [2.75, 3.05) is 5.32 Å². The molecule has 0 radical (unpaired) electrons. The summed E-state index contributed by atoms with van der Waals surface area (Å²) in [6, 6.07) is 15.1. The van der Waals surface area contributed by atoms with Gasteiger partial charge in [0.2, 0.25) is 0 Å². The summed E-state index contributed by atoms with van der Waals surface area (Å²) < 4.78 is 0. The molecule has 2 aromatic carbocycles. The fraction of sp³-hybridized carbons (Fsp3) is 0.0588. The maximum Gasteiger partial charge on any atom is 0.339 e. The Balaban J connectivity index is 1.62. The number of amides is 2. The lowest BCUT2D eigenvalue weighted by atomic mass is 10.2. The first kappa shape index (κ1) is 13.9. The Bertz CT molecular complexity index is 818. The summed E-state index contributed by atoms with van der Waals surface area (Å²) in [5.74, 6) is 0. The number of anilines is 1. The van der Waals surface area contributed by atoms with E-state index in [1.807, 2.05) is 61.7 Å². The van der Waals surface area contributed by atoms with E-state index in [4.69, 9.17) is 0 Å². The molecule has 22 heavy (non-hydrogen) atoms. The number of H-pyrrole nitrogens is 1. The Morgan fingerprint density at radius 2 is 1.91 bits per heavy atom. The number of carbonyl (C=O) groups is 1. The molecule has 110 valence electrons. The first-order chi connectivity index (χ1) is 10.7. The summed E-state index contributed by atoms with van der Waals surface area (Å²) in [5, 5.41) is 7.75. The van der Waals surface area contributed by atoms with Gasteiger partial charge >= 0.3 is 6.03 Å². The molecular weight excluding hydrogens is 276 g/mol. The van der Waals surface area contributed by atoms with Crippen LogP contribution in [0.15, 0.2) is 59.8 Å². The van der Waals surface area contributed by atoms with Crippen LogP contribution in [0.1, 0.15) is 11.1 Å². The van der Waals surface area contributed by atoms with E-state index in [9.17, 15) is 4.79 Å².